The van der Waals surface area contributed by atoms with Gasteiger partial charge in [-0.3, -0.25) is 4.98 Å². The second-order valence-corrected chi connectivity index (χ2v) is 4.44. The second-order valence-electron chi connectivity index (χ2n) is 4.44. The lowest BCUT2D eigenvalue weighted by Gasteiger charge is -2.27. The lowest BCUT2D eigenvalue weighted by atomic mass is 9.99. The molecule has 1 fully saturated rings. The normalized spacial score (nSPS) is 23.0. The fourth-order valence-electron chi connectivity index (χ4n) is 2.13. The third-order valence-electron chi connectivity index (χ3n) is 3.16. The Hall–Kier alpha value is -0.930. The van der Waals surface area contributed by atoms with Crippen molar-refractivity contribution in [3.8, 4) is 0 Å². The van der Waals surface area contributed by atoms with Gasteiger partial charge in [0.15, 0.2) is 0 Å². The topological polar surface area (TPSA) is 42.4 Å². The molecule has 0 saturated carbocycles. The molecule has 1 aromatic rings. The van der Waals surface area contributed by atoms with Crippen molar-refractivity contribution >= 4 is 0 Å². The summed E-state index contributed by atoms with van der Waals surface area (Å²) in [5.74, 6) is 0. The molecule has 2 heterocycles. The molecule has 0 aliphatic carbocycles. The van der Waals surface area contributed by atoms with E-state index in [9.17, 15) is 5.11 Å². The van der Waals surface area contributed by atoms with Gasteiger partial charge >= 0.3 is 0 Å². The molecule has 3 nitrogen and oxygen atoms in total. The molecule has 0 aromatic carbocycles. The van der Waals surface area contributed by atoms with Gasteiger partial charge in [0, 0.05) is 24.9 Å². The van der Waals surface area contributed by atoms with Crippen molar-refractivity contribution in [2.75, 3.05) is 6.61 Å². The van der Waals surface area contributed by atoms with E-state index in [1.165, 1.54) is 0 Å². The molecule has 1 aliphatic heterocycles. The van der Waals surface area contributed by atoms with Crippen molar-refractivity contribution in [1.82, 2.24) is 4.98 Å². The first kappa shape index (κ1) is 11.6. The fraction of sp³-hybridized carbons (Fsp3) is 0.615. The van der Waals surface area contributed by atoms with Crippen molar-refractivity contribution in [3.05, 3.63) is 29.6 Å². The molecule has 1 saturated heterocycles. The van der Waals surface area contributed by atoms with E-state index >= 15 is 0 Å². The van der Waals surface area contributed by atoms with Crippen LogP contribution in [0.2, 0.25) is 0 Å². The Morgan fingerprint density at radius 1 is 1.56 bits per heavy atom. The lowest BCUT2D eigenvalue weighted by Crippen LogP contribution is -2.34. The molecule has 0 spiro atoms. The maximum Gasteiger partial charge on any atom is 0.0857 e. The molecule has 2 rings (SSSR count). The van der Waals surface area contributed by atoms with Crippen LogP contribution in [0.3, 0.4) is 0 Å². The molecule has 1 aromatic heterocycles. The maximum atomic E-state index is 10.1. The SMILES string of the molecule is Cc1cccnc1CC(O)C1CCCCO1. The molecule has 1 aliphatic rings. The van der Waals surface area contributed by atoms with Crippen LogP contribution < -0.4 is 0 Å². The van der Waals surface area contributed by atoms with E-state index in [1.54, 1.807) is 6.20 Å². The van der Waals surface area contributed by atoms with Crippen molar-refractivity contribution in [2.45, 2.75) is 44.8 Å². The summed E-state index contributed by atoms with van der Waals surface area (Å²) >= 11 is 0. The minimum atomic E-state index is -0.422. The van der Waals surface area contributed by atoms with Crippen LogP contribution in [-0.4, -0.2) is 28.9 Å². The minimum Gasteiger partial charge on any atom is -0.390 e. The number of nitrogens with zero attached hydrogens (tertiary/aromatic N) is 1. The Morgan fingerprint density at radius 3 is 3.12 bits per heavy atom. The number of aryl methyl sites for hydroxylation is 1. The molecule has 0 radical (unpaired) electrons. The van der Waals surface area contributed by atoms with E-state index in [0.29, 0.717) is 6.42 Å². The lowest BCUT2D eigenvalue weighted by molar-refractivity contribution is -0.0614. The van der Waals surface area contributed by atoms with E-state index in [1.807, 2.05) is 19.1 Å². The average molecular weight is 221 g/mol. The number of aliphatic hydroxyl groups excluding tert-OH is 1. The Morgan fingerprint density at radius 2 is 2.44 bits per heavy atom. The van der Waals surface area contributed by atoms with E-state index in [2.05, 4.69) is 4.98 Å². The standard InChI is InChI=1S/C13H19NO2/c1-10-5-4-7-14-11(10)9-12(15)13-6-2-3-8-16-13/h4-5,7,12-13,15H,2-3,6,8-9H2,1H3. The number of hydrogen-bond donors (Lipinski definition) is 1. The Bertz CT molecular complexity index is 334. The van der Waals surface area contributed by atoms with Crippen molar-refractivity contribution in [1.29, 1.82) is 0 Å². The monoisotopic (exact) mass is 221 g/mol. The summed E-state index contributed by atoms with van der Waals surface area (Å²) in [5, 5.41) is 10.1. The summed E-state index contributed by atoms with van der Waals surface area (Å²) in [7, 11) is 0. The van der Waals surface area contributed by atoms with Crippen LogP contribution in [0.4, 0.5) is 0 Å². The zero-order valence-corrected chi connectivity index (χ0v) is 9.72. The second kappa shape index (κ2) is 5.41. The molecule has 1 N–H and O–H groups in total. The number of aliphatic hydroxyl groups is 1. The van der Waals surface area contributed by atoms with E-state index in [-0.39, 0.29) is 6.10 Å². The highest BCUT2D eigenvalue weighted by molar-refractivity contribution is 5.18. The summed E-state index contributed by atoms with van der Waals surface area (Å²) in [6.07, 6.45) is 5.18. The number of rotatable bonds is 3. The van der Waals surface area contributed by atoms with Gasteiger partial charge in [-0.15, -0.1) is 0 Å². The first-order valence-corrected chi connectivity index (χ1v) is 5.97. The number of pyridine rings is 1. The quantitative estimate of drug-likeness (QED) is 0.847. The van der Waals surface area contributed by atoms with Crippen LogP contribution >= 0.6 is 0 Å². The van der Waals surface area contributed by atoms with Gasteiger partial charge in [-0.2, -0.15) is 0 Å². The first-order valence-electron chi connectivity index (χ1n) is 5.97. The number of ether oxygens (including phenoxy) is 1. The van der Waals surface area contributed by atoms with Crippen molar-refractivity contribution in [2.24, 2.45) is 0 Å². The van der Waals surface area contributed by atoms with Gasteiger partial charge in [0.05, 0.1) is 12.2 Å². The van der Waals surface area contributed by atoms with Gasteiger partial charge < -0.3 is 9.84 Å². The summed E-state index contributed by atoms with van der Waals surface area (Å²) in [5.41, 5.74) is 2.11. The first-order chi connectivity index (χ1) is 7.77. The molecule has 2 atom stereocenters. The van der Waals surface area contributed by atoms with Crippen molar-refractivity contribution < 1.29 is 9.84 Å². The summed E-state index contributed by atoms with van der Waals surface area (Å²) in [6.45, 7) is 2.81. The highest BCUT2D eigenvalue weighted by Gasteiger charge is 2.23. The highest BCUT2D eigenvalue weighted by atomic mass is 16.5. The van der Waals surface area contributed by atoms with Gasteiger partial charge in [0.1, 0.15) is 0 Å². The predicted octanol–water partition coefficient (Wildman–Crippen LogP) is 1.86. The molecule has 16 heavy (non-hydrogen) atoms. The third kappa shape index (κ3) is 2.80. The highest BCUT2D eigenvalue weighted by Crippen LogP contribution is 2.18. The number of hydrogen-bond acceptors (Lipinski definition) is 3. The average Bonchev–Trinajstić information content (AvgIpc) is 2.33. The van der Waals surface area contributed by atoms with Crippen LogP contribution in [0.5, 0.6) is 0 Å². The van der Waals surface area contributed by atoms with Gasteiger partial charge in [0.25, 0.3) is 0 Å². The van der Waals surface area contributed by atoms with Crippen molar-refractivity contribution in [3.63, 3.8) is 0 Å². The summed E-state index contributed by atoms with van der Waals surface area (Å²) in [6, 6.07) is 3.94. The van der Waals surface area contributed by atoms with Gasteiger partial charge in [0.2, 0.25) is 0 Å². The molecule has 3 heteroatoms. The van der Waals surface area contributed by atoms with Gasteiger partial charge in [-0.1, -0.05) is 6.07 Å². The maximum absolute atomic E-state index is 10.1. The zero-order chi connectivity index (χ0) is 11.4. The molecular formula is C13H19NO2. The predicted molar refractivity (Wildman–Crippen MR) is 62.3 cm³/mol. The zero-order valence-electron chi connectivity index (χ0n) is 9.72. The molecule has 0 amide bonds. The van der Waals surface area contributed by atoms with Crippen LogP contribution in [0, 0.1) is 6.92 Å². The largest absolute Gasteiger partial charge is 0.390 e. The van der Waals surface area contributed by atoms with E-state index in [0.717, 1.165) is 37.1 Å². The molecule has 2 unspecified atom stereocenters. The molecule has 0 bridgehead atoms. The fourth-order valence-corrected chi connectivity index (χ4v) is 2.13. The number of aromatic nitrogens is 1. The van der Waals surface area contributed by atoms with E-state index < -0.39 is 6.10 Å². The Labute approximate surface area is 96.5 Å². The third-order valence-corrected chi connectivity index (χ3v) is 3.16. The minimum absolute atomic E-state index is 0.00449. The molecular weight excluding hydrogens is 202 g/mol. The summed E-state index contributed by atoms with van der Waals surface area (Å²) < 4.78 is 5.57. The smallest absolute Gasteiger partial charge is 0.0857 e. The van der Waals surface area contributed by atoms with Crippen LogP contribution in [0.15, 0.2) is 18.3 Å². The van der Waals surface area contributed by atoms with E-state index in [4.69, 9.17) is 4.74 Å². The van der Waals surface area contributed by atoms with Crippen LogP contribution in [0.25, 0.3) is 0 Å². The Balaban J connectivity index is 1.96. The van der Waals surface area contributed by atoms with Gasteiger partial charge in [-0.05, 0) is 37.8 Å². The van der Waals surface area contributed by atoms with Gasteiger partial charge in [-0.25, -0.2) is 0 Å². The molecule has 88 valence electrons. The van der Waals surface area contributed by atoms with Crippen LogP contribution in [-0.2, 0) is 11.2 Å². The van der Waals surface area contributed by atoms with Crippen LogP contribution in [0.1, 0.15) is 30.5 Å². The Kier molecular flexibility index (Phi) is 3.91. The summed E-state index contributed by atoms with van der Waals surface area (Å²) in [4.78, 5) is 4.30.